The van der Waals surface area contributed by atoms with E-state index in [0.717, 1.165) is 38.2 Å². The molecule has 2 heterocycles. The van der Waals surface area contributed by atoms with Crippen LogP contribution in [0.2, 0.25) is 0 Å². The molecule has 1 unspecified atom stereocenters. The molecule has 6 nitrogen and oxygen atoms in total. The molecule has 1 amide bonds. The van der Waals surface area contributed by atoms with Gasteiger partial charge in [-0.05, 0) is 50.8 Å². The van der Waals surface area contributed by atoms with Crippen molar-refractivity contribution >= 4 is 15.9 Å². The van der Waals surface area contributed by atoms with Gasteiger partial charge in [-0.2, -0.15) is 4.31 Å². The summed E-state index contributed by atoms with van der Waals surface area (Å²) in [5, 5.41) is 0. The number of carbonyl (C=O) groups excluding carboxylic acids is 1. The minimum absolute atomic E-state index is 0.00546. The lowest BCUT2D eigenvalue weighted by Crippen LogP contribution is -2.38. The first kappa shape index (κ1) is 20.2. The molecule has 3 rings (SSSR count). The number of sulfonamides is 1. The van der Waals surface area contributed by atoms with Crippen molar-refractivity contribution < 1.29 is 22.3 Å². The van der Waals surface area contributed by atoms with Gasteiger partial charge in [0, 0.05) is 38.3 Å². The number of ether oxygens (including phenoxy) is 1. The zero-order chi connectivity index (χ0) is 19.4. The van der Waals surface area contributed by atoms with Crippen LogP contribution in [0.15, 0.2) is 23.1 Å². The molecule has 0 aromatic heterocycles. The van der Waals surface area contributed by atoms with Crippen LogP contribution in [0.1, 0.15) is 49.4 Å². The minimum Gasteiger partial charge on any atom is -0.376 e. The molecule has 1 aromatic rings. The molecule has 0 aliphatic carbocycles. The van der Waals surface area contributed by atoms with Crippen LogP contribution < -0.4 is 0 Å². The third-order valence-corrected chi connectivity index (χ3v) is 7.14. The van der Waals surface area contributed by atoms with E-state index in [4.69, 9.17) is 4.74 Å². The maximum atomic E-state index is 14.3. The van der Waals surface area contributed by atoms with Crippen LogP contribution in [0.5, 0.6) is 0 Å². The van der Waals surface area contributed by atoms with Gasteiger partial charge in [-0.25, -0.2) is 12.8 Å². The van der Waals surface area contributed by atoms with Gasteiger partial charge in [0.2, 0.25) is 10.0 Å². The summed E-state index contributed by atoms with van der Waals surface area (Å²) in [7, 11) is -3.94. The second-order valence-corrected chi connectivity index (χ2v) is 9.00. The molecule has 2 saturated heterocycles. The quantitative estimate of drug-likeness (QED) is 0.739. The van der Waals surface area contributed by atoms with Gasteiger partial charge >= 0.3 is 0 Å². The monoisotopic (exact) mass is 398 g/mol. The van der Waals surface area contributed by atoms with Crippen LogP contribution in [0.4, 0.5) is 4.39 Å². The lowest BCUT2D eigenvalue weighted by atomic mass is 10.1. The normalized spacial score (nSPS) is 21.3. The van der Waals surface area contributed by atoms with E-state index in [1.165, 1.54) is 16.4 Å². The van der Waals surface area contributed by atoms with Crippen molar-refractivity contribution in [2.24, 2.45) is 0 Å². The highest BCUT2D eigenvalue weighted by molar-refractivity contribution is 7.89. The van der Waals surface area contributed by atoms with E-state index in [1.54, 1.807) is 4.90 Å². The molecule has 0 spiro atoms. The van der Waals surface area contributed by atoms with Crippen molar-refractivity contribution in [1.82, 2.24) is 9.21 Å². The first-order chi connectivity index (χ1) is 12.9. The summed E-state index contributed by atoms with van der Waals surface area (Å²) in [6, 6.07) is 3.61. The number of piperidine rings is 1. The van der Waals surface area contributed by atoms with Gasteiger partial charge in [-0.1, -0.05) is 6.42 Å². The fraction of sp³-hybridized carbons (Fsp3) is 0.632. The van der Waals surface area contributed by atoms with Gasteiger partial charge in [0.1, 0.15) is 10.7 Å². The number of hydrogen-bond donors (Lipinski definition) is 0. The van der Waals surface area contributed by atoms with Gasteiger partial charge in [0.15, 0.2) is 0 Å². The highest BCUT2D eigenvalue weighted by atomic mass is 32.2. The number of amides is 1. The van der Waals surface area contributed by atoms with Gasteiger partial charge in [-0.15, -0.1) is 0 Å². The Balaban J connectivity index is 1.84. The number of carbonyl (C=O) groups is 1. The predicted molar refractivity (Wildman–Crippen MR) is 99.6 cm³/mol. The van der Waals surface area contributed by atoms with Crippen LogP contribution in [0.25, 0.3) is 0 Å². The molecular weight excluding hydrogens is 371 g/mol. The first-order valence-corrected chi connectivity index (χ1v) is 11.1. The summed E-state index contributed by atoms with van der Waals surface area (Å²) in [4.78, 5) is 14.1. The highest BCUT2D eigenvalue weighted by Gasteiger charge is 2.30. The lowest BCUT2D eigenvalue weighted by Gasteiger charge is -2.27. The number of likely N-dealkylation sites (N-methyl/N-ethyl adjacent to an activating group) is 1. The van der Waals surface area contributed by atoms with Gasteiger partial charge in [-0.3, -0.25) is 4.79 Å². The van der Waals surface area contributed by atoms with Crippen molar-refractivity contribution in [3.05, 3.63) is 29.6 Å². The minimum atomic E-state index is -3.94. The van der Waals surface area contributed by atoms with Crippen molar-refractivity contribution in [3.63, 3.8) is 0 Å². The van der Waals surface area contributed by atoms with Crippen molar-refractivity contribution in [1.29, 1.82) is 0 Å². The number of benzene rings is 1. The second-order valence-electron chi connectivity index (χ2n) is 7.09. The van der Waals surface area contributed by atoms with Crippen molar-refractivity contribution in [2.75, 3.05) is 32.8 Å². The number of rotatable bonds is 6. The zero-order valence-corrected chi connectivity index (χ0v) is 16.5. The van der Waals surface area contributed by atoms with E-state index < -0.39 is 20.7 Å². The summed E-state index contributed by atoms with van der Waals surface area (Å²) < 4.78 is 46.9. The van der Waals surface area contributed by atoms with Gasteiger partial charge in [0.25, 0.3) is 5.91 Å². The summed E-state index contributed by atoms with van der Waals surface area (Å²) in [5.74, 6) is -1.12. The largest absolute Gasteiger partial charge is 0.376 e. The molecular formula is C19H27FN2O4S. The van der Waals surface area contributed by atoms with E-state index in [0.29, 0.717) is 32.8 Å². The first-order valence-electron chi connectivity index (χ1n) is 9.64. The highest BCUT2D eigenvalue weighted by Crippen LogP contribution is 2.25. The molecule has 0 bridgehead atoms. The molecule has 27 heavy (non-hydrogen) atoms. The van der Waals surface area contributed by atoms with E-state index in [-0.39, 0.29) is 17.6 Å². The fourth-order valence-corrected chi connectivity index (χ4v) is 5.26. The standard InChI is InChI=1S/C19H27FN2O4S/c1-2-21(14-16-7-6-12-26-16)19(23)15-8-9-17(20)18(13-15)27(24,25)22-10-4-3-5-11-22/h8-9,13,16H,2-7,10-12,14H2,1H3. The van der Waals surface area contributed by atoms with E-state index in [9.17, 15) is 17.6 Å². The van der Waals surface area contributed by atoms with Crippen LogP contribution in [-0.4, -0.2) is 62.4 Å². The molecule has 2 fully saturated rings. The predicted octanol–water partition coefficient (Wildman–Crippen LogP) is 2.64. The average molecular weight is 399 g/mol. The van der Waals surface area contributed by atoms with Crippen LogP contribution in [0, 0.1) is 5.82 Å². The molecule has 2 aliphatic rings. The summed E-state index contributed by atoms with van der Waals surface area (Å²) >= 11 is 0. The Morgan fingerprint density at radius 1 is 1.26 bits per heavy atom. The molecule has 1 aromatic carbocycles. The molecule has 1 atom stereocenters. The Morgan fingerprint density at radius 2 is 2.00 bits per heavy atom. The summed E-state index contributed by atoms with van der Waals surface area (Å²) in [6.07, 6.45) is 4.40. The Morgan fingerprint density at radius 3 is 2.63 bits per heavy atom. The second kappa shape index (κ2) is 8.67. The third-order valence-electron chi connectivity index (χ3n) is 5.23. The Kier molecular flexibility index (Phi) is 6.49. The summed E-state index contributed by atoms with van der Waals surface area (Å²) in [5.41, 5.74) is 0.187. The van der Waals surface area contributed by atoms with E-state index in [1.807, 2.05) is 6.92 Å². The van der Waals surface area contributed by atoms with Gasteiger partial charge in [0.05, 0.1) is 6.10 Å². The van der Waals surface area contributed by atoms with Crippen molar-refractivity contribution in [2.45, 2.75) is 50.0 Å². The lowest BCUT2D eigenvalue weighted by molar-refractivity contribution is 0.0539. The third kappa shape index (κ3) is 4.50. The molecule has 8 heteroatoms. The van der Waals surface area contributed by atoms with Crippen molar-refractivity contribution in [3.8, 4) is 0 Å². The number of halogens is 1. The topological polar surface area (TPSA) is 66.9 Å². The van der Waals surface area contributed by atoms with Crippen LogP contribution in [-0.2, 0) is 14.8 Å². The average Bonchev–Trinajstić information content (AvgIpc) is 3.19. The smallest absolute Gasteiger partial charge is 0.253 e. The van der Waals surface area contributed by atoms with Crippen LogP contribution in [0.3, 0.4) is 0 Å². The molecule has 150 valence electrons. The summed E-state index contributed by atoms with van der Waals surface area (Å²) in [6.45, 7) is 4.28. The van der Waals surface area contributed by atoms with E-state index >= 15 is 0 Å². The van der Waals surface area contributed by atoms with E-state index in [2.05, 4.69) is 0 Å². The van der Waals surface area contributed by atoms with Crippen LogP contribution >= 0.6 is 0 Å². The van der Waals surface area contributed by atoms with Gasteiger partial charge < -0.3 is 9.64 Å². The molecule has 0 saturated carbocycles. The Labute approximate surface area is 160 Å². The zero-order valence-electron chi connectivity index (χ0n) is 15.7. The Bertz CT molecular complexity index is 772. The maximum Gasteiger partial charge on any atom is 0.253 e. The number of nitrogens with zero attached hydrogens (tertiary/aromatic N) is 2. The number of hydrogen-bond acceptors (Lipinski definition) is 4. The molecule has 0 radical (unpaired) electrons. The molecule has 0 N–H and O–H groups in total. The maximum absolute atomic E-state index is 14.3. The fourth-order valence-electron chi connectivity index (χ4n) is 3.65. The SMILES string of the molecule is CCN(CC1CCCO1)C(=O)c1ccc(F)c(S(=O)(=O)N2CCCCC2)c1. The Hall–Kier alpha value is -1.51. The molecule has 2 aliphatic heterocycles.